The number of carbonyl (C=O) groups is 2. The average Bonchev–Trinajstić information content (AvgIpc) is 2.65. The van der Waals surface area contributed by atoms with E-state index in [0.717, 1.165) is 37.8 Å². The van der Waals surface area contributed by atoms with Crippen molar-refractivity contribution >= 4 is 11.8 Å². The standard InChI is InChI=1S/C20H31N3O2/c1-2-8-19(24)22-13-6-11-18(16-22)20(25)23(14-7-12-21)15-17-9-4-3-5-10-17/h3-5,9-10,18H,2,6-8,11-16,21H2,1H3. The maximum absolute atomic E-state index is 13.1. The van der Waals surface area contributed by atoms with Crippen LogP contribution in [0.3, 0.4) is 0 Å². The zero-order chi connectivity index (χ0) is 18.1. The second-order valence-corrected chi connectivity index (χ2v) is 6.82. The summed E-state index contributed by atoms with van der Waals surface area (Å²) in [6.45, 7) is 5.21. The first-order valence-electron chi connectivity index (χ1n) is 9.46. The van der Waals surface area contributed by atoms with Crippen LogP contribution in [0.4, 0.5) is 0 Å². The largest absolute Gasteiger partial charge is 0.342 e. The van der Waals surface area contributed by atoms with Crippen LogP contribution < -0.4 is 5.73 Å². The van der Waals surface area contributed by atoms with Gasteiger partial charge in [0.05, 0.1) is 5.92 Å². The summed E-state index contributed by atoms with van der Waals surface area (Å²) in [5, 5.41) is 0. The van der Waals surface area contributed by atoms with Crippen molar-refractivity contribution in [2.75, 3.05) is 26.2 Å². The molecule has 1 fully saturated rings. The summed E-state index contributed by atoms with van der Waals surface area (Å²) in [4.78, 5) is 29.1. The van der Waals surface area contributed by atoms with Gasteiger partial charge >= 0.3 is 0 Å². The number of amides is 2. The molecule has 25 heavy (non-hydrogen) atoms. The van der Waals surface area contributed by atoms with Crippen molar-refractivity contribution < 1.29 is 9.59 Å². The van der Waals surface area contributed by atoms with Crippen molar-refractivity contribution in [2.24, 2.45) is 11.7 Å². The van der Waals surface area contributed by atoms with Crippen LogP contribution in [-0.2, 0) is 16.1 Å². The molecule has 5 heteroatoms. The zero-order valence-electron chi connectivity index (χ0n) is 15.3. The van der Waals surface area contributed by atoms with Gasteiger partial charge in [-0.25, -0.2) is 0 Å². The van der Waals surface area contributed by atoms with Gasteiger partial charge in [0.25, 0.3) is 0 Å². The zero-order valence-corrected chi connectivity index (χ0v) is 15.3. The molecule has 1 aromatic carbocycles. The summed E-state index contributed by atoms with van der Waals surface area (Å²) in [6, 6.07) is 10.1. The van der Waals surface area contributed by atoms with Crippen molar-refractivity contribution in [1.82, 2.24) is 9.80 Å². The van der Waals surface area contributed by atoms with Gasteiger partial charge in [0.1, 0.15) is 0 Å². The third-order valence-electron chi connectivity index (χ3n) is 4.75. The van der Waals surface area contributed by atoms with Gasteiger partial charge in [-0.3, -0.25) is 9.59 Å². The van der Waals surface area contributed by atoms with Crippen LogP contribution in [0.1, 0.15) is 44.6 Å². The lowest BCUT2D eigenvalue weighted by Crippen LogP contribution is -2.47. The molecule has 2 N–H and O–H groups in total. The molecule has 0 aliphatic carbocycles. The van der Waals surface area contributed by atoms with Crippen LogP contribution in [0.2, 0.25) is 0 Å². The lowest BCUT2D eigenvalue weighted by Gasteiger charge is -2.35. The predicted octanol–water partition coefficient (Wildman–Crippen LogP) is 2.40. The Morgan fingerprint density at radius 2 is 2.04 bits per heavy atom. The molecule has 1 aliphatic heterocycles. The fourth-order valence-corrected chi connectivity index (χ4v) is 3.39. The van der Waals surface area contributed by atoms with E-state index in [-0.39, 0.29) is 17.7 Å². The lowest BCUT2D eigenvalue weighted by atomic mass is 9.95. The van der Waals surface area contributed by atoms with Crippen molar-refractivity contribution in [1.29, 1.82) is 0 Å². The first-order valence-corrected chi connectivity index (χ1v) is 9.46. The number of nitrogens with two attached hydrogens (primary N) is 1. The van der Waals surface area contributed by atoms with Crippen molar-refractivity contribution in [2.45, 2.75) is 45.6 Å². The first-order chi connectivity index (χ1) is 12.2. The predicted molar refractivity (Wildman–Crippen MR) is 99.7 cm³/mol. The second kappa shape index (κ2) is 10.2. The maximum atomic E-state index is 13.1. The Kier molecular flexibility index (Phi) is 7.92. The molecule has 1 aromatic rings. The minimum absolute atomic E-state index is 0.0870. The van der Waals surface area contributed by atoms with E-state index in [1.165, 1.54) is 0 Å². The Hall–Kier alpha value is -1.88. The molecule has 0 bridgehead atoms. The molecule has 0 saturated carbocycles. The molecule has 138 valence electrons. The van der Waals surface area contributed by atoms with E-state index < -0.39 is 0 Å². The van der Waals surface area contributed by atoms with Crippen molar-refractivity contribution in [3.8, 4) is 0 Å². The van der Waals surface area contributed by atoms with E-state index in [1.807, 2.05) is 47.1 Å². The molecular weight excluding hydrogens is 314 g/mol. The van der Waals surface area contributed by atoms with Crippen molar-refractivity contribution in [3.05, 3.63) is 35.9 Å². The lowest BCUT2D eigenvalue weighted by molar-refractivity contribution is -0.141. The second-order valence-electron chi connectivity index (χ2n) is 6.82. The molecule has 0 aromatic heterocycles. The summed E-state index contributed by atoms with van der Waals surface area (Å²) < 4.78 is 0. The average molecular weight is 345 g/mol. The summed E-state index contributed by atoms with van der Waals surface area (Å²) >= 11 is 0. The molecule has 0 spiro atoms. The van der Waals surface area contributed by atoms with Gasteiger partial charge in [-0.15, -0.1) is 0 Å². The maximum Gasteiger partial charge on any atom is 0.227 e. The number of carbonyl (C=O) groups excluding carboxylic acids is 2. The Bertz CT molecular complexity index is 547. The molecule has 2 rings (SSSR count). The molecule has 1 heterocycles. The molecule has 0 radical (unpaired) electrons. The van der Waals surface area contributed by atoms with E-state index >= 15 is 0 Å². The fourth-order valence-electron chi connectivity index (χ4n) is 3.39. The number of piperidine rings is 1. The Labute approximate surface area is 151 Å². The smallest absolute Gasteiger partial charge is 0.227 e. The van der Waals surface area contributed by atoms with Crippen LogP contribution in [-0.4, -0.2) is 47.8 Å². The number of hydrogen-bond acceptors (Lipinski definition) is 3. The number of nitrogens with zero attached hydrogens (tertiary/aromatic N) is 2. The van der Waals surface area contributed by atoms with Crippen LogP contribution in [0.5, 0.6) is 0 Å². The molecular formula is C20H31N3O2. The minimum atomic E-state index is -0.0870. The van der Waals surface area contributed by atoms with E-state index in [1.54, 1.807) is 0 Å². The highest BCUT2D eigenvalue weighted by molar-refractivity contribution is 5.81. The van der Waals surface area contributed by atoms with E-state index in [4.69, 9.17) is 5.73 Å². The van der Waals surface area contributed by atoms with Gasteiger partial charge in [-0.05, 0) is 37.8 Å². The van der Waals surface area contributed by atoms with Gasteiger partial charge < -0.3 is 15.5 Å². The van der Waals surface area contributed by atoms with Crippen LogP contribution in [0, 0.1) is 5.92 Å². The monoisotopic (exact) mass is 345 g/mol. The van der Waals surface area contributed by atoms with Gasteiger partial charge in [0.15, 0.2) is 0 Å². The van der Waals surface area contributed by atoms with Crippen molar-refractivity contribution in [3.63, 3.8) is 0 Å². The molecule has 1 atom stereocenters. The molecule has 5 nitrogen and oxygen atoms in total. The van der Waals surface area contributed by atoms with Gasteiger partial charge in [0, 0.05) is 32.6 Å². The van der Waals surface area contributed by atoms with Crippen LogP contribution >= 0.6 is 0 Å². The highest BCUT2D eigenvalue weighted by atomic mass is 16.2. The number of likely N-dealkylation sites (tertiary alicyclic amines) is 1. The third-order valence-corrected chi connectivity index (χ3v) is 4.75. The van der Waals surface area contributed by atoms with E-state index in [0.29, 0.717) is 32.6 Å². The Morgan fingerprint density at radius 1 is 1.28 bits per heavy atom. The molecule has 1 saturated heterocycles. The molecule has 2 amide bonds. The van der Waals surface area contributed by atoms with Crippen LogP contribution in [0.15, 0.2) is 30.3 Å². The normalized spacial score (nSPS) is 17.4. The summed E-state index contributed by atoms with van der Waals surface area (Å²) in [7, 11) is 0. The van der Waals surface area contributed by atoms with Gasteiger partial charge in [0.2, 0.25) is 11.8 Å². The summed E-state index contributed by atoms with van der Waals surface area (Å²) in [5.41, 5.74) is 6.78. The number of rotatable bonds is 8. The van der Waals surface area contributed by atoms with E-state index in [2.05, 4.69) is 0 Å². The Balaban J connectivity index is 2.02. The van der Waals surface area contributed by atoms with Crippen LogP contribution in [0.25, 0.3) is 0 Å². The molecule has 1 aliphatic rings. The highest BCUT2D eigenvalue weighted by Crippen LogP contribution is 2.21. The summed E-state index contributed by atoms with van der Waals surface area (Å²) in [6.07, 6.45) is 3.99. The third kappa shape index (κ3) is 5.85. The van der Waals surface area contributed by atoms with E-state index in [9.17, 15) is 9.59 Å². The summed E-state index contributed by atoms with van der Waals surface area (Å²) in [5.74, 6) is 0.249. The SMILES string of the molecule is CCCC(=O)N1CCCC(C(=O)N(CCCN)Cc2ccccc2)C1. The highest BCUT2D eigenvalue weighted by Gasteiger charge is 2.30. The van der Waals surface area contributed by atoms with Gasteiger partial charge in [-0.2, -0.15) is 0 Å². The number of hydrogen-bond donors (Lipinski definition) is 1. The van der Waals surface area contributed by atoms with Gasteiger partial charge in [-0.1, -0.05) is 37.3 Å². The first kappa shape index (κ1) is 19.4. The topological polar surface area (TPSA) is 66.6 Å². The quantitative estimate of drug-likeness (QED) is 0.787. The fraction of sp³-hybridized carbons (Fsp3) is 0.600. The number of benzene rings is 1. The Morgan fingerprint density at radius 3 is 2.72 bits per heavy atom. The molecule has 1 unspecified atom stereocenters. The minimum Gasteiger partial charge on any atom is -0.342 e.